The summed E-state index contributed by atoms with van der Waals surface area (Å²) in [6.07, 6.45) is 16.3. The van der Waals surface area contributed by atoms with Gasteiger partial charge in [-0.05, 0) is 112 Å². The van der Waals surface area contributed by atoms with E-state index in [-0.39, 0.29) is 0 Å². The van der Waals surface area contributed by atoms with Crippen LogP contribution in [-0.4, -0.2) is 34.6 Å². The predicted molar refractivity (Wildman–Crippen MR) is 125 cm³/mol. The summed E-state index contributed by atoms with van der Waals surface area (Å²) in [4.78, 5) is 0. The molecular weight excluding hydrogens is 384 g/mol. The van der Waals surface area contributed by atoms with Crippen molar-refractivity contribution in [2.24, 2.45) is 40.9 Å². The Morgan fingerprint density at radius 2 is 1.90 bits per heavy atom. The Morgan fingerprint density at radius 3 is 2.65 bits per heavy atom. The third-order valence-corrected chi connectivity index (χ3v) is 11.2. The Balaban J connectivity index is 1.27. The van der Waals surface area contributed by atoms with Gasteiger partial charge in [-0.1, -0.05) is 32.4 Å². The number of allylic oxidation sites excluding steroid dienone is 1. The minimum atomic E-state index is -0.559. The zero-order valence-corrected chi connectivity index (χ0v) is 20.2. The van der Waals surface area contributed by atoms with Gasteiger partial charge in [0.25, 0.3) is 0 Å². The van der Waals surface area contributed by atoms with Crippen molar-refractivity contribution < 1.29 is 14.9 Å². The van der Waals surface area contributed by atoms with E-state index in [1.165, 1.54) is 38.5 Å². The van der Waals surface area contributed by atoms with Gasteiger partial charge < -0.3 is 14.9 Å². The molecule has 4 fully saturated rings. The molecule has 176 valence electrons. The molecule has 0 aromatic carbocycles. The van der Waals surface area contributed by atoms with Gasteiger partial charge in [-0.2, -0.15) is 0 Å². The highest BCUT2D eigenvalue weighted by atomic mass is 16.5. The van der Waals surface area contributed by atoms with E-state index in [0.717, 1.165) is 74.7 Å². The van der Waals surface area contributed by atoms with Crippen molar-refractivity contribution >= 4 is 0 Å². The maximum atomic E-state index is 10.9. The number of rotatable bonds is 5. The van der Waals surface area contributed by atoms with E-state index in [4.69, 9.17) is 4.74 Å². The van der Waals surface area contributed by atoms with Gasteiger partial charge in [0.2, 0.25) is 0 Å². The fourth-order valence-electron chi connectivity index (χ4n) is 9.13. The van der Waals surface area contributed by atoms with Gasteiger partial charge >= 0.3 is 0 Å². The van der Waals surface area contributed by atoms with Gasteiger partial charge in [0.05, 0.1) is 17.8 Å². The number of fused-ring (bicyclic) bond motifs is 5. The molecule has 3 heteroatoms. The Bertz CT molecular complexity index is 694. The highest BCUT2D eigenvalue weighted by Crippen LogP contribution is 2.65. The van der Waals surface area contributed by atoms with E-state index in [1.807, 2.05) is 0 Å². The molecule has 0 radical (unpaired) electrons. The summed E-state index contributed by atoms with van der Waals surface area (Å²) in [5.74, 6) is 4.87. The molecule has 9 atom stereocenters. The first kappa shape index (κ1) is 22.4. The third kappa shape index (κ3) is 3.85. The molecule has 31 heavy (non-hydrogen) atoms. The Kier molecular flexibility index (Phi) is 5.88. The lowest BCUT2D eigenvalue weighted by atomic mass is 9.50. The first-order chi connectivity index (χ1) is 14.8. The average Bonchev–Trinajstić information content (AvgIpc) is 3.35. The van der Waals surface area contributed by atoms with Crippen LogP contribution in [0, 0.1) is 40.9 Å². The topological polar surface area (TPSA) is 49.7 Å². The van der Waals surface area contributed by atoms with Gasteiger partial charge in [0.15, 0.2) is 0 Å². The quantitative estimate of drug-likeness (QED) is 0.535. The maximum absolute atomic E-state index is 10.9. The Hall–Kier alpha value is -0.380. The second kappa shape index (κ2) is 8.13. The maximum Gasteiger partial charge on any atom is 0.0902 e. The van der Waals surface area contributed by atoms with Crippen molar-refractivity contribution in [3.05, 3.63) is 11.6 Å². The van der Waals surface area contributed by atoms with E-state index in [9.17, 15) is 10.2 Å². The summed E-state index contributed by atoms with van der Waals surface area (Å²) < 4.78 is 5.47. The van der Waals surface area contributed by atoms with Gasteiger partial charge in [0, 0.05) is 13.0 Å². The lowest BCUT2D eigenvalue weighted by molar-refractivity contribution is -0.0481. The minimum Gasteiger partial charge on any atom is -0.390 e. The summed E-state index contributed by atoms with van der Waals surface area (Å²) in [6, 6.07) is 0. The molecule has 2 N–H and O–H groups in total. The summed E-state index contributed by atoms with van der Waals surface area (Å²) in [7, 11) is 0. The molecule has 1 saturated heterocycles. The minimum absolute atomic E-state index is 0.430. The molecule has 1 aliphatic heterocycles. The van der Waals surface area contributed by atoms with Crippen molar-refractivity contribution in [3.63, 3.8) is 0 Å². The van der Waals surface area contributed by atoms with Crippen molar-refractivity contribution in [1.29, 1.82) is 0 Å². The summed E-state index contributed by atoms with van der Waals surface area (Å²) in [5, 5.41) is 21.6. The van der Waals surface area contributed by atoms with Crippen LogP contribution in [0.2, 0.25) is 0 Å². The normalized spacial score (nSPS) is 50.4. The first-order valence-electron chi connectivity index (χ1n) is 13.5. The molecule has 0 amide bonds. The van der Waals surface area contributed by atoms with Gasteiger partial charge in [-0.15, -0.1) is 0 Å². The van der Waals surface area contributed by atoms with Crippen LogP contribution in [0.25, 0.3) is 0 Å². The fraction of sp³-hybridized carbons (Fsp3) is 0.929. The lowest BCUT2D eigenvalue weighted by Crippen LogP contribution is -2.48. The fourth-order valence-corrected chi connectivity index (χ4v) is 9.13. The van der Waals surface area contributed by atoms with Crippen molar-refractivity contribution in [1.82, 2.24) is 0 Å². The molecular formula is C28H46O3. The molecule has 5 rings (SSSR count). The van der Waals surface area contributed by atoms with Crippen LogP contribution < -0.4 is 0 Å². The van der Waals surface area contributed by atoms with Gasteiger partial charge in [0.1, 0.15) is 0 Å². The SMILES string of the molecule is CC[C@]1(O)CC[C@H]2C(=CC[C@@H]3[C@@H]2CC[C@]2(C)[C@@H](C(C)CC[C@]4(O)CCOC4)CC[C@@H]32)C1. The second-order valence-electron chi connectivity index (χ2n) is 12.6. The van der Waals surface area contributed by atoms with Crippen molar-refractivity contribution in [2.45, 2.75) is 109 Å². The van der Waals surface area contributed by atoms with E-state index in [0.29, 0.717) is 17.9 Å². The molecule has 1 unspecified atom stereocenters. The highest BCUT2D eigenvalue weighted by molar-refractivity contribution is 5.22. The average molecular weight is 431 g/mol. The Morgan fingerprint density at radius 1 is 1.06 bits per heavy atom. The number of ether oxygens (including phenoxy) is 1. The van der Waals surface area contributed by atoms with Gasteiger partial charge in [-0.3, -0.25) is 0 Å². The monoisotopic (exact) mass is 430 g/mol. The van der Waals surface area contributed by atoms with E-state index in [1.54, 1.807) is 5.57 Å². The van der Waals surface area contributed by atoms with Gasteiger partial charge in [-0.25, -0.2) is 0 Å². The molecule has 0 aromatic rings. The third-order valence-electron chi connectivity index (χ3n) is 11.2. The number of hydrogen-bond acceptors (Lipinski definition) is 3. The zero-order valence-electron chi connectivity index (χ0n) is 20.2. The van der Waals surface area contributed by atoms with E-state index < -0.39 is 11.2 Å². The standard InChI is InChI=1S/C28H46O3/c1-4-27(29)14-11-21-20(17-27)5-6-23-22(21)10-12-26(3)24(7-8-25(23)26)19(2)9-13-28(30)15-16-31-18-28/h5,19,21-25,29-30H,4,6-18H2,1-3H3/t19?,21-,22+,23+,24+,25-,26+,27-,28-/m0/s1. The van der Waals surface area contributed by atoms with Crippen LogP contribution in [0.15, 0.2) is 11.6 Å². The lowest BCUT2D eigenvalue weighted by Gasteiger charge is -2.55. The smallest absolute Gasteiger partial charge is 0.0902 e. The summed E-state index contributed by atoms with van der Waals surface area (Å²) in [6.45, 7) is 8.51. The molecule has 0 aromatic heterocycles. The first-order valence-corrected chi connectivity index (χ1v) is 13.5. The van der Waals surface area contributed by atoms with E-state index in [2.05, 4.69) is 26.8 Å². The van der Waals surface area contributed by atoms with E-state index >= 15 is 0 Å². The van der Waals surface area contributed by atoms with Crippen LogP contribution in [0.3, 0.4) is 0 Å². The summed E-state index contributed by atoms with van der Waals surface area (Å²) >= 11 is 0. The van der Waals surface area contributed by atoms with Crippen LogP contribution in [0.5, 0.6) is 0 Å². The van der Waals surface area contributed by atoms with Crippen LogP contribution in [-0.2, 0) is 4.74 Å². The van der Waals surface area contributed by atoms with Crippen LogP contribution >= 0.6 is 0 Å². The second-order valence-corrected chi connectivity index (χ2v) is 12.6. The predicted octanol–water partition coefficient (Wildman–Crippen LogP) is 5.88. The molecule has 5 aliphatic rings. The molecule has 3 saturated carbocycles. The van der Waals surface area contributed by atoms with Crippen LogP contribution in [0.4, 0.5) is 0 Å². The highest BCUT2D eigenvalue weighted by Gasteiger charge is 2.57. The molecule has 0 spiro atoms. The van der Waals surface area contributed by atoms with Crippen LogP contribution in [0.1, 0.15) is 97.8 Å². The molecule has 1 heterocycles. The largest absolute Gasteiger partial charge is 0.390 e. The summed E-state index contributed by atoms with van der Waals surface area (Å²) in [5.41, 5.74) is 1.10. The molecule has 3 nitrogen and oxygen atoms in total. The molecule has 0 bridgehead atoms. The zero-order chi connectivity index (χ0) is 21.9. The molecule has 4 aliphatic carbocycles. The van der Waals surface area contributed by atoms with Crippen molar-refractivity contribution in [2.75, 3.05) is 13.2 Å². The number of aliphatic hydroxyl groups is 2. The van der Waals surface area contributed by atoms with Crippen molar-refractivity contribution in [3.8, 4) is 0 Å². The Labute approximate surface area is 190 Å². The number of hydrogen-bond donors (Lipinski definition) is 2.